The van der Waals surface area contributed by atoms with Crippen molar-refractivity contribution in [3.63, 3.8) is 0 Å². The van der Waals surface area contributed by atoms with Crippen LogP contribution in [0.2, 0.25) is 0 Å². The lowest BCUT2D eigenvalue weighted by Gasteiger charge is -2.09. The lowest BCUT2D eigenvalue weighted by Crippen LogP contribution is -2.29. The number of aromatic nitrogens is 2. The minimum atomic E-state index is -0.547. The van der Waals surface area contributed by atoms with Crippen LogP contribution in [0.4, 0.5) is 11.4 Å². The Morgan fingerprint density at radius 1 is 1.14 bits per heavy atom. The summed E-state index contributed by atoms with van der Waals surface area (Å²) in [4.78, 5) is 34.6. The molecule has 0 radical (unpaired) electrons. The topological polar surface area (TPSA) is 107 Å². The zero-order chi connectivity index (χ0) is 20.1. The van der Waals surface area contributed by atoms with E-state index in [0.717, 1.165) is 16.7 Å². The van der Waals surface area contributed by atoms with Gasteiger partial charge in [-0.3, -0.25) is 19.7 Å². The van der Waals surface area contributed by atoms with E-state index in [-0.39, 0.29) is 17.9 Å². The number of aryl methyl sites for hydroxylation is 1. The Bertz CT molecular complexity index is 1070. The lowest BCUT2D eigenvalue weighted by atomic mass is 10.1. The third kappa shape index (κ3) is 4.47. The van der Waals surface area contributed by atoms with E-state index in [1.165, 1.54) is 35.9 Å². The highest BCUT2D eigenvalue weighted by molar-refractivity contribution is 5.90. The minimum Gasteiger partial charge on any atom is -0.324 e. The van der Waals surface area contributed by atoms with Crippen molar-refractivity contribution in [3.8, 4) is 11.3 Å². The Kier molecular flexibility index (Phi) is 5.59. The van der Waals surface area contributed by atoms with Gasteiger partial charge >= 0.3 is 0 Å². The van der Waals surface area contributed by atoms with Crippen LogP contribution in [-0.4, -0.2) is 20.6 Å². The van der Waals surface area contributed by atoms with Gasteiger partial charge < -0.3 is 5.32 Å². The molecule has 28 heavy (non-hydrogen) atoms. The summed E-state index contributed by atoms with van der Waals surface area (Å²) in [5, 5.41) is 17.6. The zero-order valence-electron chi connectivity index (χ0n) is 15.2. The highest BCUT2D eigenvalue weighted by Crippen LogP contribution is 2.18. The molecule has 0 aliphatic heterocycles. The van der Waals surface area contributed by atoms with Crippen molar-refractivity contribution < 1.29 is 9.72 Å². The van der Waals surface area contributed by atoms with Crippen molar-refractivity contribution in [2.24, 2.45) is 0 Å². The van der Waals surface area contributed by atoms with Gasteiger partial charge in [0.1, 0.15) is 6.54 Å². The number of nitro benzene ring substituents is 1. The second-order valence-corrected chi connectivity index (χ2v) is 6.12. The molecule has 1 heterocycles. The number of nitro groups is 1. The van der Waals surface area contributed by atoms with E-state index in [1.807, 2.05) is 24.3 Å². The van der Waals surface area contributed by atoms with Crippen molar-refractivity contribution in [2.45, 2.75) is 19.9 Å². The van der Waals surface area contributed by atoms with Gasteiger partial charge in [-0.2, -0.15) is 5.10 Å². The highest BCUT2D eigenvalue weighted by atomic mass is 16.6. The quantitative estimate of drug-likeness (QED) is 0.524. The molecular weight excluding hydrogens is 360 g/mol. The van der Waals surface area contributed by atoms with Crippen LogP contribution in [0.1, 0.15) is 12.5 Å². The molecule has 3 rings (SSSR count). The molecule has 1 N–H and O–H groups in total. The monoisotopic (exact) mass is 378 g/mol. The average Bonchev–Trinajstić information content (AvgIpc) is 2.70. The van der Waals surface area contributed by atoms with Gasteiger partial charge in [-0.05, 0) is 24.1 Å². The Morgan fingerprint density at radius 2 is 1.89 bits per heavy atom. The molecule has 0 bridgehead atoms. The number of benzene rings is 2. The van der Waals surface area contributed by atoms with Crippen LogP contribution in [-0.2, 0) is 17.8 Å². The first-order valence-corrected chi connectivity index (χ1v) is 8.68. The summed E-state index contributed by atoms with van der Waals surface area (Å²) >= 11 is 0. The lowest BCUT2D eigenvalue weighted by molar-refractivity contribution is -0.384. The Labute approximate surface area is 160 Å². The molecule has 0 unspecified atom stereocenters. The standard InChI is InChI=1S/C20H18N4O4/c1-2-14-6-8-15(9-7-14)18-10-11-20(26)23(22-18)13-19(25)21-16-4-3-5-17(12-16)24(27)28/h3-12H,2,13H2,1H3,(H,21,25). The van der Waals surface area contributed by atoms with Crippen LogP contribution < -0.4 is 10.9 Å². The smallest absolute Gasteiger partial charge is 0.271 e. The molecule has 3 aromatic rings. The van der Waals surface area contributed by atoms with E-state index in [2.05, 4.69) is 17.3 Å². The van der Waals surface area contributed by atoms with Gasteiger partial charge in [0.05, 0.1) is 10.6 Å². The number of nitrogens with one attached hydrogen (secondary N) is 1. The minimum absolute atomic E-state index is 0.134. The van der Waals surface area contributed by atoms with Crippen LogP contribution in [0, 0.1) is 10.1 Å². The largest absolute Gasteiger partial charge is 0.324 e. The molecule has 0 atom stereocenters. The number of non-ortho nitro benzene ring substituents is 1. The Balaban J connectivity index is 1.78. The van der Waals surface area contributed by atoms with Gasteiger partial charge in [0, 0.05) is 29.4 Å². The molecule has 1 amide bonds. The summed E-state index contributed by atoms with van der Waals surface area (Å²) in [5.41, 5.74) is 2.33. The Hall–Kier alpha value is -3.81. The summed E-state index contributed by atoms with van der Waals surface area (Å²) in [7, 11) is 0. The summed E-state index contributed by atoms with van der Waals surface area (Å²) in [6.45, 7) is 1.76. The van der Waals surface area contributed by atoms with Gasteiger partial charge in [-0.25, -0.2) is 4.68 Å². The first-order valence-electron chi connectivity index (χ1n) is 8.68. The molecule has 0 aliphatic carbocycles. The van der Waals surface area contributed by atoms with E-state index >= 15 is 0 Å². The average molecular weight is 378 g/mol. The third-order valence-electron chi connectivity index (χ3n) is 4.16. The van der Waals surface area contributed by atoms with E-state index in [4.69, 9.17) is 0 Å². The van der Waals surface area contributed by atoms with E-state index in [1.54, 1.807) is 6.07 Å². The zero-order valence-corrected chi connectivity index (χ0v) is 15.2. The van der Waals surface area contributed by atoms with Crippen molar-refractivity contribution >= 4 is 17.3 Å². The molecule has 8 heteroatoms. The van der Waals surface area contributed by atoms with Gasteiger partial charge in [-0.15, -0.1) is 0 Å². The fraction of sp³-hybridized carbons (Fsp3) is 0.150. The van der Waals surface area contributed by atoms with Gasteiger partial charge in [0.25, 0.3) is 11.2 Å². The molecule has 0 fully saturated rings. The molecule has 142 valence electrons. The molecule has 2 aromatic carbocycles. The summed E-state index contributed by atoms with van der Waals surface area (Å²) in [6.07, 6.45) is 0.922. The normalized spacial score (nSPS) is 10.5. The van der Waals surface area contributed by atoms with Crippen molar-refractivity contribution in [3.05, 3.63) is 86.7 Å². The van der Waals surface area contributed by atoms with Crippen LogP contribution in [0.5, 0.6) is 0 Å². The van der Waals surface area contributed by atoms with Crippen LogP contribution in [0.3, 0.4) is 0 Å². The van der Waals surface area contributed by atoms with Gasteiger partial charge in [0.15, 0.2) is 0 Å². The van der Waals surface area contributed by atoms with E-state index < -0.39 is 16.4 Å². The maximum absolute atomic E-state index is 12.3. The second kappa shape index (κ2) is 8.26. The number of hydrogen-bond acceptors (Lipinski definition) is 5. The van der Waals surface area contributed by atoms with Crippen molar-refractivity contribution in [1.82, 2.24) is 9.78 Å². The number of anilines is 1. The summed E-state index contributed by atoms with van der Waals surface area (Å²) in [5.74, 6) is -0.506. The van der Waals surface area contributed by atoms with E-state index in [0.29, 0.717) is 5.69 Å². The molecule has 1 aromatic heterocycles. The SMILES string of the molecule is CCc1ccc(-c2ccc(=O)n(CC(=O)Nc3cccc([N+](=O)[O-])c3)n2)cc1. The molecular formula is C20H18N4O4. The summed E-state index contributed by atoms with van der Waals surface area (Å²) in [6, 6.07) is 16.4. The number of carbonyl (C=O) groups is 1. The molecule has 8 nitrogen and oxygen atoms in total. The molecule has 0 spiro atoms. The number of rotatable bonds is 6. The Morgan fingerprint density at radius 3 is 2.57 bits per heavy atom. The van der Waals surface area contributed by atoms with Crippen molar-refractivity contribution in [1.29, 1.82) is 0 Å². The van der Waals surface area contributed by atoms with Crippen LogP contribution in [0.15, 0.2) is 65.5 Å². The van der Waals surface area contributed by atoms with Gasteiger partial charge in [0.2, 0.25) is 5.91 Å². The van der Waals surface area contributed by atoms with Crippen LogP contribution >= 0.6 is 0 Å². The second-order valence-electron chi connectivity index (χ2n) is 6.12. The van der Waals surface area contributed by atoms with E-state index in [9.17, 15) is 19.7 Å². The number of amides is 1. The van der Waals surface area contributed by atoms with Crippen molar-refractivity contribution in [2.75, 3.05) is 5.32 Å². The predicted octanol–water partition coefficient (Wildman–Crippen LogP) is 3.02. The molecule has 0 saturated heterocycles. The van der Waals surface area contributed by atoms with Gasteiger partial charge in [-0.1, -0.05) is 37.3 Å². The number of nitrogens with zero attached hydrogens (tertiary/aromatic N) is 3. The first kappa shape index (κ1) is 19.0. The first-order chi connectivity index (χ1) is 13.5. The fourth-order valence-electron chi connectivity index (χ4n) is 2.66. The molecule has 0 saturated carbocycles. The summed E-state index contributed by atoms with van der Waals surface area (Å²) < 4.78 is 1.07. The third-order valence-corrected chi connectivity index (χ3v) is 4.16. The maximum Gasteiger partial charge on any atom is 0.271 e. The predicted molar refractivity (Wildman–Crippen MR) is 105 cm³/mol. The maximum atomic E-state index is 12.3. The number of hydrogen-bond donors (Lipinski definition) is 1. The number of carbonyl (C=O) groups excluding carboxylic acids is 1. The van der Waals surface area contributed by atoms with Crippen LogP contribution in [0.25, 0.3) is 11.3 Å². The molecule has 0 aliphatic rings. The fourth-order valence-corrected chi connectivity index (χ4v) is 2.66. The highest BCUT2D eigenvalue weighted by Gasteiger charge is 2.11.